The van der Waals surface area contributed by atoms with Crippen molar-refractivity contribution in [3.8, 4) is 0 Å². The lowest BCUT2D eigenvalue weighted by Crippen LogP contribution is -2.34. The summed E-state index contributed by atoms with van der Waals surface area (Å²) in [6.07, 6.45) is 8.23. The highest BCUT2D eigenvalue weighted by Gasteiger charge is 2.25. The molecule has 20 heavy (non-hydrogen) atoms. The Labute approximate surface area is 122 Å². The summed E-state index contributed by atoms with van der Waals surface area (Å²) in [6, 6.07) is 0. The molecular weight excluding hydrogens is 256 g/mol. The Morgan fingerprint density at radius 1 is 0.850 bits per heavy atom. The lowest BCUT2D eigenvalue weighted by Gasteiger charge is -2.32. The van der Waals surface area contributed by atoms with Crippen molar-refractivity contribution in [1.82, 2.24) is 0 Å². The van der Waals surface area contributed by atoms with Gasteiger partial charge in [-0.25, -0.2) is 0 Å². The van der Waals surface area contributed by atoms with E-state index in [1.54, 1.807) is 0 Å². The predicted octanol–water partition coefficient (Wildman–Crippen LogP) is 3.12. The van der Waals surface area contributed by atoms with E-state index in [2.05, 4.69) is 19.1 Å². The Balaban J connectivity index is 1.58. The van der Waals surface area contributed by atoms with Gasteiger partial charge in [0.05, 0.1) is 26.4 Å². The third-order valence-corrected chi connectivity index (χ3v) is 3.83. The summed E-state index contributed by atoms with van der Waals surface area (Å²) >= 11 is 0. The van der Waals surface area contributed by atoms with Crippen molar-refractivity contribution in [2.75, 3.05) is 26.4 Å². The van der Waals surface area contributed by atoms with Crippen molar-refractivity contribution >= 4 is 0 Å². The second-order valence-corrected chi connectivity index (χ2v) is 5.71. The average molecular weight is 284 g/mol. The monoisotopic (exact) mass is 284 g/mol. The summed E-state index contributed by atoms with van der Waals surface area (Å²) in [7, 11) is 0. The predicted molar refractivity (Wildman–Crippen MR) is 77.3 cm³/mol. The normalized spacial score (nSPS) is 35.5. The second-order valence-electron chi connectivity index (χ2n) is 5.71. The zero-order valence-electron chi connectivity index (χ0n) is 12.8. The minimum atomic E-state index is -0.0510. The van der Waals surface area contributed by atoms with Crippen LogP contribution in [0.15, 0.2) is 12.2 Å². The van der Waals surface area contributed by atoms with Crippen molar-refractivity contribution < 1.29 is 18.9 Å². The largest absolute Gasteiger partial charge is 0.352 e. The van der Waals surface area contributed by atoms with E-state index in [-0.39, 0.29) is 12.6 Å². The Hall–Kier alpha value is -0.420. The van der Waals surface area contributed by atoms with Crippen LogP contribution < -0.4 is 0 Å². The van der Waals surface area contributed by atoms with Crippen LogP contribution in [0.25, 0.3) is 0 Å². The Morgan fingerprint density at radius 2 is 1.45 bits per heavy atom. The van der Waals surface area contributed by atoms with Crippen LogP contribution in [-0.4, -0.2) is 39.0 Å². The standard InChI is InChI=1S/C16H28O4/c1-3-5-13-9-19-16(20-10-13)8-7-14-11-17-15(6-4-2)18-12-14/h3,5,13-16H,4,6-12H2,1-2H3/b5-3-. The summed E-state index contributed by atoms with van der Waals surface area (Å²) in [5.74, 6) is 0.885. The van der Waals surface area contributed by atoms with Gasteiger partial charge in [0.1, 0.15) is 0 Å². The Morgan fingerprint density at radius 3 is 2.05 bits per heavy atom. The smallest absolute Gasteiger partial charge is 0.157 e. The zero-order chi connectivity index (χ0) is 14.2. The van der Waals surface area contributed by atoms with E-state index in [1.807, 2.05) is 6.92 Å². The first-order valence-corrected chi connectivity index (χ1v) is 7.91. The van der Waals surface area contributed by atoms with E-state index in [0.717, 1.165) is 52.1 Å². The van der Waals surface area contributed by atoms with E-state index in [9.17, 15) is 0 Å². The maximum atomic E-state index is 5.74. The summed E-state index contributed by atoms with van der Waals surface area (Å²) in [6.45, 7) is 7.33. The molecule has 0 spiro atoms. The molecule has 0 aliphatic carbocycles. The first-order valence-electron chi connectivity index (χ1n) is 7.91. The fourth-order valence-electron chi connectivity index (χ4n) is 2.63. The summed E-state index contributed by atoms with van der Waals surface area (Å²) in [5.41, 5.74) is 0. The van der Waals surface area contributed by atoms with Crippen LogP contribution in [0.5, 0.6) is 0 Å². The molecule has 2 aliphatic rings. The van der Waals surface area contributed by atoms with Gasteiger partial charge in [0.2, 0.25) is 0 Å². The van der Waals surface area contributed by atoms with Gasteiger partial charge in [-0.15, -0.1) is 0 Å². The topological polar surface area (TPSA) is 36.9 Å². The van der Waals surface area contributed by atoms with E-state index in [0.29, 0.717) is 11.8 Å². The quantitative estimate of drug-likeness (QED) is 0.702. The van der Waals surface area contributed by atoms with E-state index in [4.69, 9.17) is 18.9 Å². The summed E-state index contributed by atoms with van der Waals surface area (Å²) in [4.78, 5) is 0. The minimum Gasteiger partial charge on any atom is -0.352 e. The molecule has 116 valence electrons. The molecule has 4 heteroatoms. The SMILES string of the molecule is C/C=C\C1COC(CCC2COC(CCC)OC2)OC1. The lowest BCUT2D eigenvalue weighted by molar-refractivity contribution is -0.215. The van der Waals surface area contributed by atoms with Crippen LogP contribution in [0.3, 0.4) is 0 Å². The average Bonchev–Trinajstić information content (AvgIpc) is 2.49. The minimum absolute atomic E-state index is 0.0139. The first kappa shape index (κ1) is 16.0. The van der Waals surface area contributed by atoms with Crippen LogP contribution in [-0.2, 0) is 18.9 Å². The molecule has 0 bridgehead atoms. The molecule has 0 radical (unpaired) electrons. The molecule has 4 nitrogen and oxygen atoms in total. The van der Waals surface area contributed by atoms with Gasteiger partial charge in [0.25, 0.3) is 0 Å². The molecule has 2 heterocycles. The molecule has 2 rings (SSSR count). The van der Waals surface area contributed by atoms with Crippen LogP contribution in [0.4, 0.5) is 0 Å². The molecule has 0 amide bonds. The van der Waals surface area contributed by atoms with Crippen molar-refractivity contribution in [3.63, 3.8) is 0 Å². The van der Waals surface area contributed by atoms with Gasteiger partial charge in [0, 0.05) is 11.8 Å². The number of allylic oxidation sites excluding steroid dienone is 1. The van der Waals surface area contributed by atoms with Crippen molar-refractivity contribution in [3.05, 3.63) is 12.2 Å². The third kappa shape index (κ3) is 5.17. The van der Waals surface area contributed by atoms with Gasteiger partial charge in [-0.05, 0) is 26.2 Å². The molecule has 0 atom stereocenters. The third-order valence-electron chi connectivity index (χ3n) is 3.83. The Kier molecular flexibility index (Phi) is 7.00. The number of hydrogen-bond acceptors (Lipinski definition) is 4. The molecule has 0 saturated carbocycles. The van der Waals surface area contributed by atoms with Crippen molar-refractivity contribution in [2.24, 2.45) is 11.8 Å². The lowest BCUT2D eigenvalue weighted by atomic mass is 10.0. The molecule has 0 aromatic carbocycles. The van der Waals surface area contributed by atoms with Gasteiger partial charge in [0.15, 0.2) is 12.6 Å². The second kappa shape index (κ2) is 8.78. The van der Waals surface area contributed by atoms with Gasteiger partial charge in [-0.2, -0.15) is 0 Å². The first-order chi connectivity index (χ1) is 9.81. The molecule has 2 aliphatic heterocycles. The summed E-state index contributed by atoms with van der Waals surface area (Å²) < 4.78 is 22.9. The molecule has 0 unspecified atom stereocenters. The van der Waals surface area contributed by atoms with Gasteiger partial charge in [-0.1, -0.05) is 25.5 Å². The van der Waals surface area contributed by atoms with Crippen LogP contribution in [0.2, 0.25) is 0 Å². The van der Waals surface area contributed by atoms with E-state index in [1.165, 1.54) is 0 Å². The zero-order valence-corrected chi connectivity index (χ0v) is 12.8. The fraction of sp³-hybridized carbons (Fsp3) is 0.875. The maximum Gasteiger partial charge on any atom is 0.157 e. The highest BCUT2D eigenvalue weighted by Crippen LogP contribution is 2.22. The molecular formula is C16H28O4. The van der Waals surface area contributed by atoms with Crippen LogP contribution in [0.1, 0.15) is 39.5 Å². The van der Waals surface area contributed by atoms with Crippen molar-refractivity contribution in [1.29, 1.82) is 0 Å². The fourth-order valence-corrected chi connectivity index (χ4v) is 2.63. The number of hydrogen-bond donors (Lipinski definition) is 0. The Bertz CT molecular complexity index is 276. The highest BCUT2D eigenvalue weighted by molar-refractivity contribution is 4.86. The molecule has 2 saturated heterocycles. The summed E-state index contributed by atoms with van der Waals surface area (Å²) in [5, 5.41) is 0. The highest BCUT2D eigenvalue weighted by atomic mass is 16.7. The number of rotatable bonds is 6. The molecule has 2 fully saturated rings. The van der Waals surface area contributed by atoms with Gasteiger partial charge in [-0.3, -0.25) is 0 Å². The number of ether oxygens (including phenoxy) is 4. The molecule has 0 aromatic heterocycles. The molecule has 0 aromatic rings. The maximum absolute atomic E-state index is 5.74. The molecule has 0 N–H and O–H groups in total. The van der Waals surface area contributed by atoms with Crippen LogP contribution in [0, 0.1) is 11.8 Å². The van der Waals surface area contributed by atoms with E-state index < -0.39 is 0 Å². The van der Waals surface area contributed by atoms with Crippen molar-refractivity contribution in [2.45, 2.75) is 52.1 Å². The van der Waals surface area contributed by atoms with Gasteiger partial charge >= 0.3 is 0 Å². The van der Waals surface area contributed by atoms with E-state index >= 15 is 0 Å². The van der Waals surface area contributed by atoms with Gasteiger partial charge < -0.3 is 18.9 Å². The van der Waals surface area contributed by atoms with Crippen LogP contribution >= 0.6 is 0 Å².